The van der Waals surface area contributed by atoms with Crippen molar-refractivity contribution in [2.45, 2.75) is 19.5 Å². The normalized spacial score (nSPS) is 13.9. The zero-order valence-corrected chi connectivity index (χ0v) is 15.7. The minimum Gasteiger partial charge on any atom is -0.508 e. The molecule has 29 heavy (non-hydrogen) atoms. The number of nitrogens with zero attached hydrogens (tertiary/aromatic N) is 6. The number of aromatic amines is 1. The van der Waals surface area contributed by atoms with Crippen LogP contribution in [0.15, 0.2) is 55.4 Å². The Balaban J connectivity index is 1.34. The Kier molecular flexibility index (Phi) is 4.45. The maximum atomic E-state index is 9.52. The molecule has 144 valence electrons. The number of H-pyrrole nitrogens is 1. The van der Waals surface area contributed by atoms with Crippen LogP contribution in [0.4, 0.5) is 0 Å². The van der Waals surface area contributed by atoms with Gasteiger partial charge in [-0.1, -0.05) is 0 Å². The molecule has 0 aliphatic carbocycles. The summed E-state index contributed by atoms with van der Waals surface area (Å²) in [6, 6.07) is 7.15. The minimum atomic E-state index is 0.254. The molecular formula is C21H19N7O. The molecule has 8 heteroatoms. The molecule has 8 nitrogen and oxygen atoms in total. The third-order valence-corrected chi connectivity index (χ3v) is 5.10. The predicted molar refractivity (Wildman–Crippen MR) is 107 cm³/mol. The summed E-state index contributed by atoms with van der Waals surface area (Å²) in [4.78, 5) is 19.7. The average molecular weight is 385 g/mol. The average Bonchev–Trinajstić information content (AvgIpc) is 3.22. The van der Waals surface area contributed by atoms with Gasteiger partial charge in [0.1, 0.15) is 12.1 Å². The summed E-state index contributed by atoms with van der Waals surface area (Å²) >= 11 is 0. The van der Waals surface area contributed by atoms with Gasteiger partial charge >= 0.3 is 0 Å². The fraction of sp³-hybridized carbons (Fsp3) is 0.190. The molecule has 2 N–H and O–H groups in total. The van der Waals surface area contributed by atoms with Gasteiger partial charge in [-0.05, 0) is 24.3 Å². The van der Waals surface area contributed by atoms with Crippen LogP contribution < -0.4 is 0 Å². The smallest absolute Gasteiger partial charge is 0.162 e. The highest BCUT2D eigenvalue weighted by Crippen LogP contribution is 2.26. The van der Waals surface area contributed by atoms with E-state index in [-0.39, 0.29) is 5.75 Å². The van der Waals surface area contributed by atoms with Crippen LogP contribution in [0.25, 0.3) is 22.6 Å². The number of benzene rings is 1. The van der Waals surface area contributed by atoms with Crippen molar-refractivity contribution in [2.24, 2.45) is 0 Å². The molecule has 0 spiro atoms. The van der Waals surface area contributed by atoms with E-state index in [2.05, 4.69) is 30.0 Å². The van der Waals surface area contributed by atoms with Crippen molar-refractivity contribution in [1.82, 2.24) is 35.0 Å². The van der Waals surface area contributed by atoms with Crippen molar-refractivity contribution in [1.29, 1.82) is 0 Å². The van der Waals surface area contributed by atoms with E-state index in [1.54, 1.807) is 24.5 Å². The fourth-order valence-corrected chi connectivity index (χ4v) is 3.61. The van der Waals surface area contributed by atoms with Crippen molar-refractivity contribution in [3.05, 3.63) is 72.2 Å². The van der Waals surface area contributed by atoms with Gasteiger partial charge in [-0.15, -0.1) is 0 Å². The lowest BCUT2D eigenvalue weighted by Crippen LogP contribution is -2.31. The number of nitrogens with one attached hydrogen (secondary N) is 1. The summed E-state index contributed by atoms with van der Waals surface area (Å²) in [7, 11) is 0. The molecule has 5 rings (SSSR count). The number of phenolic OH excluding ortho intramolecular Hbond substituents is 1. The third-order valence-electron chi connectivity index (χ3n) is 5.10. The summed E-state index contributed by atoms with van der Waals surface area (Å²) in [5, 5.41) is 16.8. The number of fused-ring (bicyclic) bond motifs is 1. The van der Waals surface area contributed by atoms with Crippen LogP contribution in [0.1, 0.15) is 16.8 Å². The second-order valence-corrected chi connectivity index (χ2v) is 7.07. The predicted octanol–water partition coefficient (Wildman–Crippen LogP) is 2.59. The Bertz CT molecular complexity index is 1130. The zero-order valence-electron chi connectivity index (χ0n) is 15.7. The maximum absolute atomic E-state index is 9.52. The van der Waals surface area contributed by atoms with Crippen LogP contribution in [0, 0.1) is 0 Å². The number of rotatable bonds is 4. The Morgan fingerprint density at radius 3 is 2.66 bits per heavy atom. The van der Waals surface area contributed by atoms with Crippen LogP contribution in [-0.2, 0) is 19.5 Å². The Labute approximate surface area is 167 Å². The molecule has 0 saturated heterocycles. The molecule has 0 fully saturated rings. The molecule has 1 aliphatic heterocycles. The lowest BCUT2D eigenvalue weighted by Gasteiger charge is -2.28. The molecule has 1 aromatic carbocycles. The number of hydrogen-bond donors (Lipinski definition) is 2. The summed E-state index contributed by atoms with van der Waals surface area (Å²) in [6.07, 6.45) is 9.61. The lowest BCUT2D eigenvalue weighted by atomic mass is 10.0. The number of aromatic hydroxyl groups is 1. The van der Waals surface area contributed by atoms with E-state index in [1.165, 1.54) is 6.33 Å². The highest BCUT2D eigenvalue weighted by molar-refractivity contribution is 5.63. The third kappa shape index (κ3) is 3.57. The minimum absolute atomic E-state index is 0.254. The first kappa shape index (κ1) is 17.4. The highest BCUT2D eigenvalue weighted by Gasteiger charge is 2.20. The molecule has 0 atom stereocenters. The van der Waals surface area contributed by atoms with Crippen LogP contribution >= 0.6 is 0 Å². The first-order valence-electron chi connectivity index (χ1n) is 9.40. The zero-order chi connectivity index (χ0) is 19.6. The number of aromatic nitrogens is 6. The second kappa shape index (κ2) is 7.40. The first-order valence-corrected chi connectivity index (χ1v) is 9.40. The largest absolute Gasteiger partial charge is 0.508 e. The monoisotopic (exact) mass is 385 g/mol. The van der Waals surface area contributed by atoms with Gasteiger partial charge in [0.15, 0.2) is 5.82 Å². The van der Waals surface area contributed by atoms with E-state index in [0.29, 0.717) is 5.82 Å². The van der Waals surface area contributed by atoms with Crippen LogP contribution in [0.3, 0.4) is 0 Å². The van der Waals surface area contributed by atoms with Crippen molar-refractivity contribution in [3.8, 4) is 28.4 Å². The van der Waals surface area contributed by atoms with Crippen LogP contribution in [0.2, 0.25) is 0 Å². The Hall–Kier alpha value is -3.65. The molecule has 1 aliphatic rings. The Morgan fingerprint density at radius 2 is 1.83 bits per heavy atom. The van der Waals surface area contributed by atoms with Gasteiger partial charge in [0.05, 0.1) is 23.1 Å². The second-order valence-electron chi connectivity index (χ2n) is 7.07. The lowest BCUT2D eigenvalue weighted by molar-refractivity contribution is 0.243. The molecule has 3 aromatic heterocycles. The van der Waals surface area contributed by atoms with E-state index in [9.17, 15) is 5.11 Å². The fourth-order valence-electron chi connectivity index (χ4n) is 3.61. The summed E-state index contributed by atoms with van der Waals surface area (Å²) < 4.78 is 0. The van der Waals surface area contributed by atoms with Gasteiger partial charge in [0.2, 0.25) is 0 Å². The highest BCUT2D eigenvalue weighted by atomic mass is 16.3. The molecule has 0 amide bonds. The molecule has 0 saturated carbocycles. The molecule has 0 radical (unpaired) electrons. The SMILES string of the molecule is Oc1ccc(-c2[nH]ncc2CN2CCc3nc(-c4cncnc4)ncc3C2)cc1. The maximum Gasteiger partial charge on any atom is 0.162 e. The van der Waals surface area contributed by atoms with Gasteiger partial charge in [-0.3, -0.25) is 10.00 Å². The Morgan fingerprint density at radius 1 is 1.00 bits per heavy atom. The molecular weight excluding hydrogens is 366 g/mol. The number of phenols is 1. The summed E-state index contributed by atoms with van der Waals surface area (Å²) in [5.41, 5.74) is 6.16. The van der Waals surface area contributed by atoms with Gasteiger partial charge in [0.25, 0.3) is 0 Å². The number of hydrogen-bond acceptors (Lipinski definition) is 7. The molecule has 0 bridgehead atoms. The van der Waals surface area contributed by atoms with E-state index >= 15 is 0 Å². The molecule has 0 unspecified atom stereocenters. The van der Waals surface area contributed by atoms with Gasteiger partial charge in [0, 0.05) is 61.3 Å². The standard InChI is InChI=1S/C21H19N7O/c29-18-3-1-14(2-4-18)20-17(10-25-27-20)12-28-6-5-19-16(11-28)9-24-21(26-19)15-7-22-13-23-8-15/h1-4,7-10,13,29H,5-6,11-12H2,(H,25,27). The first-order chi connectivity index (χ1) is 14.3. The van der Waals surface area contributed by atoms with E-state index < -0.39 is 0 Å². The quantitative estimate of drug-likeness (QED) is 0.556. The summed E-state index contributed by atoms with van der Waals surface area (Å²) in [5.74, 6) is 0.922. The van der Waals surface area contributed by atoms with Crippen molar-refractivity contribution >= 4 is 0 Å². The van der Waals surface area contributed by atoms with Crippen molar-refractivity contribution in [3.63, 3.8) is 0 Å². The van der Waals surface area contributed by atoms with Crippen molar-refractivity contribution < 1.29 is 5.11 Å². The van der Waals surface area contributed by atoms with E-state index in [0.717, 1.165) is 59.7 Å². The topological polar surface area (TPSA) is 104 Å². The van der Waals surface area contributed by atoms with Gasteiger partial charge in [-0.2, -0.15) is 5.10 Å². The molecule has 4 heterocycles. The van der Waals surface area contributed by atoms with Gasteiger partial charge < -0.3 is 5.11 Å². The van der Waals surface area contributed by atoms with E-state index in [1.807, 2.05) is 24.5 Å². The van der Waals surface area contributed by atoms with Gasteiger partial charge in [-0.25, -0.2) is 19.9 Å². The van der Waals surface area contributed by atoms with Crippen LogP contribution in [0.5, 0.6) is 5.75 Å². The van der Waals surface area contributed by atoms with Crippen LogP contribution in [-0.4, -0.2) is 46.7 Å². The molecule has 4 aromatic rings. The van der Waals surface area contributed by atoms with Crippen molar-refractivity contribution in [2.75, 3.05) is 6.54 Å². The van der Waals surface area contributed by atoms with E-state index in [4.69, 9.17) is 4.98 Å². The summed E-state index contributed by atoms with van der Waals surface area (Å²) in [6.45, 7) is 2.48.